The molecule has 1 saturated heterocycles. The maximum atomic E-state index is 12.8. The van der Waals surface area contributed by atoms with Crippen molar-refractivity contribution in [2.75, 3.05) is 19.1 Å². The Hall–Kier alpha value is -1.70. The number of carbonyl (C=O) groups excluding carboxylic acids is 2. The molecule has 0 saturated carbocycles. The Bertz CT molecular complexity index is 876. The molecule has 8 heteroatoms. The number of nitrogens with zero attached hydrogens (tertiary/aromatic N) is 1. The van der Waals surface area contributed by atoms with Crippen LogP contribution in [0.1, 0.15) is 5.56 Å². The third-order valence-corrected chi connectivity index (χ3v) is 5.76. The fourth-order valence-electron chi connectivity index (χ4n) is 2.74. The molecule has 0 bridgehead atoms. The van der Waals surface area contributed by atoms with Gasteiger partial charge in [-0.15, -0.1) is 0 Å². The van der Waals surface area contributed by atoms with Crippen molar-refractivity contribution < 1.29 is 19.1 Å². The van der Waals surface area contributed by atoms with E-state index in [-0.39, 0.29) is 11.1 Å². The first-order valence-corrected chi connectivity index (χ1v) is 9.70. The average molecular weight is 457 g/mol. The fourth-order valence-corrected chi connectivity index (χ4v) is 4.60. The zero-order valence-electron chi connectivity index (χ0n) is 14.0. The van der Waals surface area contributed by atoms with E-state index in [0.29, 0.717) is 28.6 Å². The van der Waals surface area contributed by atoms with Gasteiger partial charge in [0.2, 0.25) is 5.91 Å². The predicted octanol–water partition coefficient (Wildman–Crippen LogP) is 4.93. The van der Waals surface area contributed by atoms with Crippen molar-refractivity contribution >= 4 is 56.1 Å². The second kappa shape index (κ2) is 7.90. The number of halogens is 2. The van der Waals surface area contributed by atoms with Crippen molar-refractivity contribution in [3.63, 3.8) is 0 Å². The molecule has 0 N–H and O–H groups in total. The molecule has 1 atom stereocenters. The van der Waals surface area contributed by atoms with Crippen molar-refractivity contribution in [2.45, 2.75) is 11.7 Å². The standard InChI is InChI=1S/C18H15BrClNO4S/c1-24-14-7-10(6-13(19)16(14)25-2)8-15-17(22)21(18(23)26-15)12-5-3-4-11(20)9-12/h3-7,9,15H,8H2,1-2H3/t15-/m0/s1. The van der Waals surface area contributed by atoms with E-state index in [1.54, 1.807) is 38.5 Å². The van der Waals surface area contributed by atoms with Gasteiger partial charge in [-0.1, -0.05) is 29.4 Å². The van der Waals surface area contributed by atoms with E-state index >= 15 is 0 Å². The topological polar surface area (TPSA) is 55.8 Å². The number of anilines is 1. The molecular weight excluding hydrogens is 442 g/mol. The van der Waals surface area contributed by atoms with Gasteiger partial charge in [0.25, 0.3) is 5.24 Å². The Balaban J connectivity index is 1.85. The normalized spacial score (nSPS) is 16.9. The van der Waals surface area contributed by atoms with Gasteiger partial charge in [0.15, 0.2) is 11.5 Å². The Morgan fingerprint density at radius 2 is 1.96 bits per heavy atom. The van der Waals surface area contributed by atoms with E-state index in [0.717, 1.165) is 21.8 Å². The summed E-state index contributed by atoms with van der Waals surface area (Å²) in [5.41, 5.74) is 1.34. The minimum absolute atomic E-state index is 0.256. The van der Waals surface area contributed by atoms with Crippen LogP contribution in [0.3, 0.4) is 0 Å². The number of benzene rings is 2. The molecule has 2 amide bonds. The molecule has 0 radical (unpaired) electrons. The summed E-state index contributed by atoms with van der Waals surface area (Å²) in [6.07, 6.45) is 0.394. The first-order valence-electron chi connectivity index (χ1n) is 7.65. The van der Waals surface area contributed by atoms with Crippen molar-refractivity contribution in [2.24, 2.45) is 0 Å². The van der Waals surface area contributed by atoms with Gasteiger partial charge in [0, 0.05) is 5.02 Å². The predicted molar refractivity (Wildman–Crippen MR) is 107 cm³/mol. The first kappa shape index (κ1) is 19.1. The van der Waals surface area contributed by atoms with E-state index in [4.69, 9.17) is 21.1 Å². The van der Waals surface area contributed by atoms with Gasteiger partial charge in [0.1, 0.15) is 0 Å². The highest BCUT2D eigenvalue weighted by Crippen LogP contribution is 2.39. The molecule has 1 fully saturated rings. The van der Waals surface area contributed by atoms with E-state index in [9.17, 15) is 9.59 Å². The van der Waals surface area contributed by atoms with E-state index in [1.165, 1.54) is 4.90 Å². The number of carbonyl (C=O) groups is 2. The number of thioether (sulfide) groups is 1. The summed E-state index contributed by atoms with van der Waals surface area (Å²) in [5.74, 6) is 0.886. The van der Waals surface area contributed by atoms with Crippen LogP contribution in [0.5, 0.6) is 11.5 Å². The number of rotatable bonds is 5. The summed E-state index contributed by atoms with van der Waals surface area (Å²) in [5, 5.41) is -0.339. The maximum Gasteiger partial charge on any atom is 0.293 e. The number of amides is 2. The highest BCUT2D eigenvalue weighted by Gasteiger charge is 2.40. The quantitative estimate of drug-likeness (QED) is 0.638. The first-order chi connectivity index (χ1) is 12.4. The number of methoxy groups -OCH3 is 2. The van der Waals surface area contributed by atoms with Crippen molar-refractivity contribution in [1.29, 1.82) is 0 Å². The lowest BCUT2D eigenvalue weighted by Crippen LogP contribution is -2.32. The molecule has 1 heterocycles. The third-order valence-electron chi connectivity index (χ3n) is 3.90. The molecule has 0 aromatic heterocycles. The highest BCUT2D eigenvalue weighted by atomic mass is 79.9. The summed E-state index contributed by atoms with van der Waals surface area (Å²) in [4.78, 5) is 26.3. The van der Waals surface area contributed by atoms with Crippen molar-refractivity contribution in [3.8, 4) is 11.5 Å². The average Bonchev–Trinajstić information content (AvgIpc) is 2.88. The molecule has 26 heavy (non-hydrogen) atoms. The zero-order chi connectivity index (χ0) is 18.8. The van der Waals surface area contributed by atoms with Crippen LogP contribution in [0.4, 0.5) is 10.5 Å². The smallest absolute Gasteiger partial charge is 0.293 e. The van der Waals surface area contributed by atoms with Crippen LogP contribution < -0.4 is 14.4 Å². The maximum absolute atomic E-state index is 12.8. The molecule has 0 unspecified atom stereocenters. The molecule has 5 nitrogen and oxygen atoms in total. The number of ether oxygens (including phenoxy) is 2. The van der Waals surface area contributed by atoms with Crippen LogP contribution in [0.25, 0.3) is 0 Å². The Kier molecular flexibility index (Phi) is 5.79. The lowest BCUT2D eigenvalue weighted by atomic mass is 10.1. The SMILES string of the molecule is COc1cc(C[C@@H]2SC(=O)N(c3cccc(Cl)c3)C2=O)cc(Br)c1OC. The van der Waals surface area contributed by atoms with Crippen LogP contribution in [0, 0.1) is 0 Å². The van der Waals surface area contributed by atoms with Gasteiger partial charge in [0.05, 0.1) is 29.6 Å². The van der Waals surface area contributed by atoms with Crippen molar-refractivity contribution in [1.82, 2.24) is 0 Å². The summed E-state index contributed by atoms with van der Waals surface area (Å²) in [6.45, 7) is 0. The van der Waals surface area contributed by atoms with E-state index in [2.05, 4.69) is 15.9 Å². The molecule has 1 aliphatic rings. The van der Waals surface area contributed by atoms with Crippen LogP contribution in [-0.2, 0) is 11.2 Å². The van der Waals surface area contributed by atoms with Crippen molar-refractivity contribution in [3.05, 3.63) is 51.5 Å². The minimum atomic E-state index is -0.508. The van der Waals surface area contributed by atoms with Gasteiger partial charge in [-0.05, 0) is 58.2 Å². The second-order valence-electron chi connectivity index (χ2n) is 5.54. The highest BCUT2D eigenvalue weighted by molar-refractivity contribution is 9.10. The van der Waals surface area contributed by atoms with Crippen LogP contribution in [-0.4, -0.2) is 30.6 Å². The molecule has 3 rings (SSSR count). The summed E-state index contributed by atoms with van der Waals surface area (Å²) < 4.78 is 11.4. The molecule has 2 aromatic rings. The molecule has 0 spiro atoms. The lowest BCUT2D eigenvalue weighted by Gasteiger charge is -2.15. The Morgan fingerprint density at radius 3 is 2.62 bits per heavy atom. The van der Waals surface area contributed by atoms with Gasteiger partial charge in [-0.2, -0.15) is 0 Å². The van der Waals surface area contributed by atoms with Gasteiger partial charge in [-0.3, -0.25) is 9.59 Å². The molecular formula is C18H15BrClNO4S. The van der Waals surface area contributed by atoms with Gasteiger partial charge < -0.3 is 9.47 Å². The lowest BCUT2D eigenvalue weighted by molar-refractivity contribution is -0.117. The Labute approximate surface area is 168 Å². The zero-order valence-corrected chi connectivity index (χ0v) is 17.2. The van der Waals surface area contributed by atoms with Gasteiger partial charge in [-0.25, -0.2) is 4.90 Å². The number of hydrogen-bond donors (Lipinski definition) is 0. The third kappa shape index (κ3) is 3.70. The minimum Gasteiger partial charge on any atom is -0.493 e. The monoisotopic (exact) mass is 455 g/mol. The Morgan fingerprint density at radius 1 is 1.19 bits per heavy atom. The fraction of sp³-hybridized carbons (Fsp3) is 0.222. The van der Waals surface area contributed by atoms with Crippen LogP contribution >= 0.6 is 39.3 Å². The van der Waals surface area contributed by atoms with Gasteiger partial charge >= 0.3 is 0 Å². The molecule has 0 aliphatic carbocycles. The molecule has 2 aromatic carbocycles. The number of hydrogen-bond acceptors (Lipinski definition) is 5. The molecule has 1 aliphatic heterocycles. The number of imide groups is 1. The van der Waals surface area contributed by atoms with E-state index in [1.807, 2.05) is 12.1 Å². The second-order valence-corrected chi connectivity index (χ2v) is 7.99. The van der Waals surface area contributed by atoms with Crippen LogP contribution in [0.15, 0.2) is 40.9 Å². The van der Waals surface area contributed by atoms with E-state index < -0.39 is 5.25 Å². The summed E-state index contributed by atoms with van der Waals surface area (Å²) in [7, 11) is 3.11. The molecule has 136 valence electrons. The largest absolute Gasteiger partial charge is 0.493 e. The van der Waals surface area contributed by atoms with Crippen LogP contribution in [0.2, 0.25) is 5.02 Å². The summed E-state index contributed by atoms with van der Waals surface area (Å²) in [6, 6.07) is 10.4. The summed E-state index contributed by atoms with van der Waals surface area (Å²) >= 11 is 10.4.